The van der Waals surface area contributed by atoms with Crippen LogP contribution in [0.2, 0.25) is 0 Å². The number of sulfone groups is 1. The fourth-order valence-electron chi connectivity index (χ4n) is 2.27. The summed E-state index contributed by atoms with van der Waals surface area (Å²) in [7, 11) is -3.67. The topological polar surface area (TPSA) is 71.4 Å². The monoisotopic (exact) mass is 298 g/mol. The number of hydrogen-bond donors (Lipinski definition) is 1. The van der Waals surface area contributed by atoms with Crippen LogP contribution in [0, 0.1) is 12.7 Å². The predicted molar refractivity (Wildman–Crippen MR) is 72.1 cm³/mol. The molecule has 108 valence electrons. The second-order valence-corrected chi connectivity index (χ2v) is 7.02. The lowest BCUT2D eigenvalue weighted by atomic mass is 10.1. The summed E-state index contributed by atoms with van der Waals surface area (Å²) < 4.78 is 38.6. The van der Waals surface area contributed by atoms with Crippen molar-refractivity contribution in [1.82, 2.24) is 0 Å². The van der Waals surface area contributed by atoms with Crippen LogP contribution in [0.1, 0.15) is 35.2 Å². The minimum absolute atomic E-state index is 0.0169. The Morgan fingerprint density at radius 2 is 2.10 bits per heavy atom. The van der Waals surface area contributed by atoms with Gasteiger partial charge in [-0.3, -0.25) is 0 Å². The van der Waals surface area contributed by atoms with E-state index in [1.165, 1.54) is 13.0 Å². The minimum atomic E-state index is -3.67. The summed E-state index contributed by atoms with van der Waals surface area (Å²) in [5, 5.41) is 8.28. The first kappa shape index (κ1) is 14.7. The number of rotatable bonds is 3. The van der Waals surface area contributed by atoms with Gasteiger partial charge >= 0.3 is 5.97 Å². The van der Waals surface area contributed by atoms with Gasteiger partial charge in [0.05, 0.1) is 15.7 Å². The molecule has 1 aliphatic rings. The van der Waals surface area contributed by atoms with Crippen molar-refractivity contribution in [2.75, 3.05) is 0 Å². The first-order chi connectivity index (χ1) is 9.34. The molecule has 1 aliphatic carbocycles. The molecule has 1 N–H and O–H groups in total. The standard InChI is InChI=1S/C14H15FO4S/c1-9-7-11(8-12(13(9)15)14(16)17)20(18,19)10-5-3-2-4-6-10/h3,5,7-8,10H,2,4,6H2,1H3,(H,16,17). The fraction of sp³-hybridized carbons (Fsp3) is 0.357. The molecule has 0 amide bonds. The van der Waals surface area contributed by atoms with Crippen LogP contribution in [0.3, 0.4) is 0 Å². The quantitative estimate of drug-likeness (QED) is 0.688. The van der Waals surface area contributed by atoms with Crippen LogP contribution in [0.15, 0.2) is 29.2 Å². The molecule has 0 heterocycles. The molecule has 0 bridgehead atoms. The van der Waals surface area contributed by atoms with Crippen LogP contribution in [0.25, 0.3) is 0 Å². The molecule has 0 aliphatic heterocycles. The second kappa shape index (κ2) is 5.36. The maximum Gasteiger partial charge on any atom is 0.338 e. The molecule has 0 radical (unpaired) electrons. The number of aromatic carboxylic acids is 1. The van der Waals surface area contributed by atoms with E-state index in [0.717, 1.165) is 18.9 Å². The molecule has 0 spiro atoms. The van der Waals surface area contributed by atoms with Crippen molar-refractivity contribution >= 4 is 15.8 Å². The number of halogens is 1. The summed E-state index contributed by atoms with van der Waals surface area (Å²) in [4.78, 5) is 10.8. The fourth-order valence-corrected chi connectivity index (χ4v) is 4.04. The molecule has 1 unspecified atom stereocenters. The summed E-state index contributed by atoms with van der Waals surface area (Å²) in [5.74, 6) is -2.36. The third-order valence-electron chi connectivity index (χ3n) is 3.40. The van der Waals surface area contributed by atoms with Crippen molar-refractivity contribution in [3.63, 3.8) is 0 Å². The van der Waals surface area contributed by atoms with Gasteiger partial charge in [-0.1, -0.05) is 12.2 Å². The zero-order valence-corrected chi connectivity index (χ0v) is 11.8. The predicted octanol–water partition coefficient (Wildman–Crippen LogP) is 2.71. The smallest absolute Gasteiger partial charge is 0.338 e. The number of aryl methyl sites for hydroxylation is 1. The molecule has 4 nitrogen and oxygen atoms in total. The number of hydrogen-bond acceptors (Lipinski definition) is 3. The molecule has 6 heteroatoms. The molecule has 1 atom stereocenters. The molecule has 20 heavy (non-hydrogen) atoms. The third kappa shape index (κ3) is 2.60. The van der Waals surface area contributed by atoms with E-state index in [1.807, 2.05) is 0 Å². The van der Waals surface area contributed by atoms with E-state index >= 15 is 0 Å². The Labute approximate surface area is 116 Å². The molecule has 0 saturated carbocycles. The lowest BCUT2D eigenvalue weighted by molar-refractivity contribution is 0.0691. The molecular weight excluding hydrogens is 283 g/mol. The summed E-state index contributed by atoms with van der Waals surface area (Å²) in [5.41, 5.74) is -0.591. The van der Waals surface area contributed by atoms with Gasteiger partial charge in [-0.25, -0.2) is 17.6 Å². The van der Waals surface area contributed by atoms with E-state index in [-0.39, 0.29) is 10.5 Å². The molecule has 1 aromatic carbocycles. The Morgan fingerprint density at radius 3 is 2.65 bits per heavy atom. The lowest BCUT2D eigenvalue weighted by Gasteiger charge is -2.18. The van der Waals surface area contributed by atoms with Gasteiger partial charge < -0.3 is 5.11 Å². The van der Waals surface area contributed by atoms with Gasteiger partial charge in [0.1, 0.15) is 5.82 Å². The van der Waals surface area contributed by atoms with Crippen LogP contribution in [0.4, 0.5) is 4.39 Å². The summed E-state index contributed by atoms with van der Waals surface area (Å²) in [6.07, 6.45) is 5.54. The van der Waals surface area contributed by atoms with Gasteiger partial charge in [0.25, 0.3) is 0 Å². The van der Waals surface area contributed by atoms with Crippen molar-refractivity contribution in [3.05, 3.63) is 41.2 Å². The zero-order valence-electron chi connectivity index (χ0n) is 11.0. The Kier molecular flexibility index (Phi) is 3.94. The van der Waals surface area contributed by atoms with E-state index in [0.29, 0.717) is 6.42 Å². The highest BCUT2D eigenvalue weighted by atomic mass is 32.2. The normalized spacial score (nSPS) is 19.0. The highest BCUT2D eigenvalue weighted by Crippen LogP contribution is 2.27. The van der Waals surface area contributed by atoms with Gasteiger partial charge in [0.2, 0.25) is 0 Å². The second-order valence-electron chi connectivity index (χ2n) is 4.85. The third-order valence-corrected chi connectivity index (χ3v) is 5.48. The number of carbonyl (C=O) groups is 1. The minimum Gasteiger partial charge on any atom is -0.478 e. The highest BCUT2D eigenvalue weighted by Gasteiger charge is 2.28. The maximum absolute atomic E-state index is 13.7. The molecular formula is C14H15FO4S. The van der Waals surface area contributed by atoms with Crippen LogP contribution < -0.4 is 0 Å². The van der Waals surface area contributed by atoms with E-state index < -0.39 is 32.4 Å². The summed E-state index contributed by atoms with van der Waals surface area (Å²) >= 11 is 0. The van der Waals surface area contributed by atoms with Gasteiger partial charge in [-0.05, 0) is 43.9 Å². The van der Waals surface area contributed by atoms with E-state index in [2.05, 4.69) is 0 Å². The van der Waals surface area contributed by atoms with Crippen LogP contribution in [-0.2, 0) is 9.84 Å². The number of benzene rings is 1. The van der Waals surface area contributed by atoms with Crippen molar-refractivity contribution in [2.24, 2.45) is 0 Å². The van der Waals surface area contributed by atoms with Crippen molar-refractivity contribution in [3.8, 4) is 0 Å². The van der Waals surface area contributed by atoms with Gasteiger partial charge in [0, 0.05) is 0 Å². The van der Waals surface area contributed by atoms with Crippen LogP contribution in [-0.4, -0.2) is 24.7 Å². The van der Waals surface area contributed by atoms with E-state index in [1.54, 1.807) is 12.2 Å². The number of allylic oxidation sites excluding steroid dienone is 1. The maximum atomic E-state index is 13.7. The molecule has 1 aromatic rings. The van der Waals surface area contributed by atoms with Crippen molar-refractivity contribution in [2.45, 2.75) is 36.3 Å². The highest BCUT2D eigenvalue weighted by molar-refractivity contribution is 7.92. The summed E-state index contributed by atoms with van der Waals surface area (Å²) in [6, 6.07) is 2.10. The van der Waals surface area contributed by atoms with Crippen LogP contribution in [0.5, 0.6) is 0 Å². The Morgan fingerprint density at radius 1 is 1.40 bits per heavy atom. The average molecular weight is 298 g/mol. The Balaban J connectivity index is 2.55. The van der Waals surface area contributed by atoms with E-state index in [4.69, 9.17) is 5.11 Å². The van der Waals surface area contributed by atoms with Crippen molar-refractivity contribution in [1.29, 1.82) is 0 Å². The first-order valence-corrected chi connectivity index (χ1v) is 7.82. The molecule has 2 rings (SSSR count). The van der Waals surface area contributed by atoms with Gasteiger partial charge in [-0.2, -0.15) is 0 Å². The SMILES string of the molecule is Cc1cc(S(=O)(=O)C2C=CCCC2)cc(C(=O)O)c1F. The molecule has 0 saturated heterocycles. The number of carboxylic acids is 1. The van der Waals surface area contributed by atoms with Gasteiger partial charge in [-0.15, -0.1) is 0 Å². The average Bonchev–Trinajstić information content (AvgIpc) is 2.42. The van der Waals surface area contributed by atoms with Gasteiger partial charge in [0.15, 0.2) is 9.84 Å². The Bertz CT molecular complexity index is 677. The lowest BCUT2D eigenvalue weighted by Crippen LogP contribution is -2.22. The van der Waals surface area contributed by atoms with Crippen molar-refractivity contribution < 1.29 is 22.7 Å². The molecule has 0 aromatic heterocycles. The molecule has 0 fully saturated rings. The Hall–Kier alpha value is -1.69. The first-order valence-electron chi connectivity index (χ1n) is 6.28. The van der Waals surface area contributed by atoms with Crippen LogP contribution >= 0.6 is 0 Å². The zero-order chi connectivity index (χ0) is 14.9. The van der Waals surface area contributed by atoms with E-state index in [9.17, 15) is 17.6 Å². The summed E-state index contributed by atoms with van der Waals surface area (Å²) in [6.45, 7) is 1.36. The number of carboxylic acid groups (broad SMARTS) is 1. The largest absolute Gasteiger partial charge is 0.478 e.